The van der Waals surface area contributed by atoms with Crippen LogP contribution in [0.25, 0.3) is 0 Å². The Balaban J connectivity index is 1.74. The van der Waals surface area contributed by atoms with E-state index in [2.05, 4.69) is 16.0 Å². The first-order valence-corrected chi connectivity index (χ1v) is 10.9. The van der Waals surface area contributed by atoms with Gasteiger partial charge in [-0.2, -0.15) is 0 Å². The molecule has 0 saturated heterocycles. The monoisotopic (exact) mass is 443 g/mol. The normalized spacial score (nSPS) is 10.5. The number of rotatable bonds is 8. The van der Waals surface area contributed by atoms with Gasteiger partial charge in [0.25, 0.3) is 0 Å². The van der Waals surface area contributed by atoms with E-state index in [4.69, 9.17) is 0 Å². The van der Waals surface area contributed by atoms with Crippen molar-refractivity contribution in [2.75, 3.05) is 16.0 Å². The van der Waals surface area contributed by atoms with Crippen LogP contribution in [0.5, 0.6) is 0 Å². The zero-order valence-electron chi connectivity index (χ0n) is 19.1. The van der Waals surface area contributed by atoms with Crippen LogP contribution in [-0.2, 0) is 14.4 Å². The highest BCUT2D eigenvalue weighted by Crippen LogP contribution is 2.21. The lowest BCUT2D eigenvalue weighted by Crippen LogP contribution is -2.31. The summed E-state index contributed by atoms with van der Waals surface area (Å²) >= 11 is 0. The number of aryl methyl sites for hydroxylation is 3. The maximum Gasteiger partial charge on any atom is 0.228 e. The van der Waals surface area contributed by atoms with Gasteiger partial charge in [-0.25, -0.2) is 0 Å². The van der Waals surface area contributed by atoms with Gasteiger partial charge in [0.1, 0.15) is 0 Å². The molecule has 0 aliphatic carbocycles. The third kappa shape index (κ3) is 6.77. The van der Waals surface area contributed by atoms with Crippen molar-refractivity contribution in [1.82, 2.24) is 0 Å². The molecule has 3 aromatic carbocycles. The molecule has 0 heterocycles. The SMILES string of the molecule is Cc1ccccc1NC(=O)CC(CC(=O)Nc1ccccc1C)C(=O)Nc1ccccc1C. The van der Waals surface area contributed by atoms with Gasteiger partial charge in [0.2, 0.25) is 17.7 Å². The standard InChI is InChI=1S/C27H29N3O3/c1-18-10-4-7-13-22(18)28-25(31)16-21(27(33)30-24-15-9-6-12-20(24)3)17-26(32)29-23-14-8-5-11-19(23)2/h4-15,21H,16-17H2,1-3H3,(H,28,31)(H,29,32)(H,30,33). The van der Waals surface area contributed by atoms with Crippen LogP contribution < -0.4 is 16.0 Å². The predicted molar refractivity (Wildman–Crippen MR) is 132 cm³/mol. The van der Waals surface area contributed by atoms with E-state index in [9.17, 15) is 14.4 Å². The van der Waals surface area contributed by atoms with Gasteiger partial charge in [-0.3, -0.25) is 14.4 Å². The van der Waals surface area contributed by atoms with Crippen LogP contribution in [0.4, 0.5) is 17.1 Å². The Morgan fingerprint density at radius 2 is 0.909 bits per heavy atom. The van der Waals surface area contributed by atoms with Crippen molar-refractivity contribution >= 4 is 34.8 Å². The fourth-order valence-corrected chi connectivity index (χ4v) is 3.48. The van der Waals surface area contributed by atoms with Crippen LogP contribution in [-0.4, -0.2) is 17.7 Å². The first-order valence-electron chi connectivity index (χ1n) is 10.9. The summed E-state index contributed by atoms with van der Waals surface area (Å²) in [6.07, 6.45) is -0.236. The molecule has 6 nitrogen and oxygen atoms in total. The van der Waals surface area contributed by atoms with E-state index in [-0.39, 0.29) is 30.6 Å². The summed E-state index contributed by atoms with van der Waals surface area (Å²) in [6, 6.07) is 22.2. The largest absolute Gasteiger partial charge is 0.326 e. The van der Waals surface area contributed by atoms with Gasteiger partial charge in [0.15, 0.2) is 0 Å². The summed E-state index contributed by atoms with van der Waals surface area (Å²) in [4.78, 5) is 38.6. The molecular weight excluding hydrogens is 414 g/mol. The second-order valence-corrected chi connectivity index (χ2v) is 8.14. The van der Waals surface area contributed by atoms with Crippen molar-refractivity contribution in [3.05, 3.63) is 89.5 Å². The highest BCUT2D eigenvalue weighted by molar-refractivity contribution is 6.02. The average Bonchev–Trinajstić information content (AvgIpc) is 2.78. The number of carbonyl (C=O) groups excluding carboxylic acids is 3. The Morgan fingerprint density at radius 1 is 0.576 bits per heavy atom. The second kappa shape index (κ2) is 11.1. The first kappa shape index (κ1) is 23.7. The van der Waals surface area contributed by atoms with E-state index in [0.29, 0.717) is 17.1 Å². The van der Waals surface area contributed by atoms with Gasteiger partial charge in [0.05, 0.1) is 5.92 Å². The van der Waals surface area contributed by atoms with E-state index in [1.165, 1.54) is 0 Å². The fraction of sp³-hybridized carbons (Fsp3) is 0.222. The first-order chi connectivity index (χ1) is 15.8. The van der Waals surface area contributed by atoms with Crippen LogP contribution in [0.15, 0.2) is 72.8 Å². The molecule has 3 aromatic rings. The van der Waals surface area contributed by atoms with Crippen LogP contribution in [0.1, 0.15) is 29.5 Å². The van der Waals surface area contributed by atoms with Crippen molar-refractivity contribution in [3.8, 4) is 0 Å². The summed E-state index contributed by atoms with van der Waals surface area (Å²) in [5, 5.41) is 8.58. The van der Waals surface area contributed by atoms with E-state index in [1.54, 1.807) is 18.2 Å². The zero-order valence-corrected chi connectivity index (χ0v) is 19.1. The summed E-state index contributed by atoms with van der Waals surface area (Å²) in [5.74, 6) is -1.85. The maximum atomic E-state index is 13.1. The molecule has 0 aliphatic heterocycles. The number of hydrogen-bond donors (Lipinski definition) is 3. The molecule has 0 atom stereocenters. The smallest absolute Gasteiger partial charge is 0.228 e. The summed E-state index contributed by atoms with van der Waals surface area (Å²) in [6.45, 7) is 5.68. The Bertz CT molecular complexity index is 1100. The lowest BCUT2D eigenvalue weighted by atomic mass is 9.98. The lowest BCUT2D eigenvalue weighted by Gasteiger charge is -2.18. The average molecular weight is 444 g/mol. The number of anilines is 3. The van der Waals surface area contributed by atoms with Gasteiger partial charge >= 0.3 is 0 Å². The Labute approximate surface area is 194 Å². The van der Waals surface area contributed by atoms with Gasteiger partial charge in [0, 0.05) is 29.9 Å². The Hall–Kier alpha value is -3.93. The molecule has 0 fully saturated rings. The van der Waals surface area contributed by atoms with E-state index in [1.807, 2.05) is 75.4 Å². The summed E-state index contributed by atoms with van der Waals surface area (Å²) in [5.41, 5.74) is 4.77. The van der Waals surface area contributed by atoms with Gasteiger partial charge in [-0.05, 0) is 55.7 Å². The molecule has 3 N–H and O–H groups in total. The van der Waals surface area contributed by atoms with Crippen molar-refractivity contribution in [1.29, 1.82) is 0 Å². The quantitative estimate of drug-likeness (QED) is 0.446. The van der Waals surface area contributed by atoms with Gasteiger partial charge in [-0.15, -0.1) is 0 Å². The number of benzene rings is 3. The van der Waals surface area contributed by atoms with E-state index in [0.717, 1.165) is 16.7 Å². The van der Waals surface area contributed by atoms with Gasteiger partial charge in [-0.1, -0.05) is 54.6 Å². The molecule has 170 valence electrons. The van der Waals surface area contributed by atoms with Crippen molar-refractivity contribution < 1.29 is 14.4 Å². The lowest BCUT2D eigenvalue weighted by molar-refractivity contribution is -0.127. The molecule has 3 rings (SSSR count). The fourth-order valence-electron chi connectivity index (χ4n) is 3.48. The van der Waals surface area contributed by atoms with Crippen molar-refractivity contribution in [3.63, 3.8) is 0 Å². The number of nitrogens with one attached hydrogen (secondary N) is 3. The van der Waals surface area contributed by atoms with Crippen molar-refractivity contribution in [2.45, 2.75) is 33.6 Å². The molecule has 6 heteroatoms. The molecule has 0 bridgehead atoms. The molecule has 0 unspecified atom stereocenters. The molecule has 0 saturated carbocycles. The minimum atomic E-state index is -0.836. The summed E-state index contributed by atoms with van der Waals surface area (Å²) < 4.78 is 0. The molecule has 3 amide bonds. The molecule has 0 radical (unpaired) electrons. The predicted octanol–water partition coefficient (Wildman–Crippen LogP) is 5.22. The number of amides is 3. The van der Waals surface area contributed by atoms with Crippen LogP contribution in [0.3, 0.4) is 0 Å². The van der Waals surface area contributed by atoms with Crippen LogP contribution in [0, 0.1) is 26.7 Å². The minimum absolute atomic E-state index is 0.118. The Morgan fingerprint density at radius 3 is 1.27 bits per heavy atom. The van der Waals surface area contributed by atoms with Crippen LogP contribution >= 0.6 is 0 Å². The van der Waals surface area contributed by atoms with Crippen molar-refractivity contribution in [2.24, 2.45) is 5.92 Å². The zero-order chi connectivity index (χ0) is 23.8. The molecular formula is C27H29N3O3. The third-order valence-electron chi connectivity index (χ3n) is 5.48. The second-order valence-electron chi connectivity index (χ2n) is 8.14. The number of carbonyl (C=O) groups is 3. The topological polar surface area (TPSA) is 87.3 Å². The highest BCUT2D eigenvalue weighted by atomic mass is 16.2. The molecule has 33 heavy (non-hydrogen) atoms. The van der Waals surface area contributed by atoms with E-state index >= 15 is 0 Å². The highest BCUT2D eigenvalue weighted by Gasteiger charge is 2.26. The number of hydrogen-bond acceptors (Lipinski definition) is 3. The number of para-hydroxylation sites is 3. The van der Waals surface area contributed by atoms with Crippen LogP contribution in [0.2, 0.25) is 0 Å². The minimum Gasteiger partial charge on any atom is -0.326 e. The third-order valence-corrected chi connectivity index (χ3v) is 5.48. The summed E-state index contributed by atoms with van der Waals surface area (Å²) in [7, 11) is 0. The molecule has 0 aromatic heterocycles. The Kier molecular flexibility index (Phi) is 7.97. The molecule has 0 aliphatic rings. The molecule has 0 spiro atoms. The maximum absolute atomic E-state index is 13.1. The van der Waals surface area contributed by atoms with Gasteiger partial charge < -0.3 is 16.0 Å². The van der Waals surface area contributed by atoms with E-state index < -0.39 is 5.92 Å².